The third kappa shape index (κ3) is 3.56. The van der Waals surface area contributed by atoms with Crippen molar-refractivity contribution in [1.82, 2.24) is 20.0 Å². The molecule has 1 amide bonds. The molecule has 3 aliphatic rings. The number of ether oxygens (including phenoxy) is 1. The third-order valence-electron chi connectivity index (χ3n) is 6.08. The quantitative estimate of drug-likeness (QED) is 0.774. The van der Waals surface area contributed by atoms with Crippen molar-refractivity contribution < 1.29 is 19.0 Å². The van der Waals surface area contributed by atoms with Crippen LogP contribution in [0, 0.1) is 5.92 Å². The van der Waals surface area contributed by atoms with Crippen molar-refractivity contribution in [3.8, 4) is 0 Å². The molecule has 2 aliphatic carbocycles. The summed E-state index contributed by atoms with van der Waals surface area (Å²) in [4.78, 5) is 14.4. The van der Waals surface area contributed by atoms with Gasteiger partial charge in [0.1, 0.15) is 11.6 Å². The van der Waals surface area contributed by atoms with Crippen LogP contribution in [0.15, 0.2) is 53.9 Å². The maximum absolute atomic E-state index is 14.0. The van der Waals surface area contributed by atoms with Crippen molar-refractivity contribution in [2.75, 3.05) is 13.7 Å². The van der Waals surface area contributed by atoms with Gasteiger partial charge in [0.05, 0.1) is 25.0 Å². The maximum Gasteiger partial charge on any atom is 0.222 e. The molecular weight excluding hydrogens is 387 g/mol. The fraction of sp³-hybridized carbons (Fsp3) is 0.455. The van der Waals surface area contributed by atoms with Crippen LogP contribution in [0.5, 0.6) is 0 Å². The first-order chi connectivity index (χ1) is 14.4. The number of halogens is 1. The lowest BCUT2D eigenvalue weighted by Crippen LogP contribution is -2.44. The predicted molar refractivity (Wildman–Crippen MR) is 109 cm³/mol. The standard InChI is InChI=1S/C22H27FN4O3/c1-13-5-4-6-18(30-3)20(13)25-19(28)9-10-27-17-11-14(23)7-8-15(17)21-16(22(27)29)12-24-26(21)2/h4-7,11-13,15,20,22,29H,8-10H2,1-3H3,(H,25,28)/t13-,15?,20?,22?/m1/s1. The van der Waals surface area contributed by atoms with Gasteiger partial charge in [0.2, 0.25) is 5.91 Å². The van der Waals surface area contributed by atoms with Crippen molar-refractivity contribution in [1.29, 1.82) is 0 Å². The Bertz CT molecular complexity index is 962. The first kappa shape index (κ1) is 20.4. The number of nitrogens with zero attached hydrogens (tertiary/aromatic N) is 3. The van der Waals surface area contributed by atoms with Crippen LogP contribution in [0.25, 0.3) is 0 Å². The zero-order valence-corrected chi connectivity index (χ0v) is 17.4. The van der Waals surface area contributed by atoms with Crippen molar-refractivity contribution in [3.63, 3.8) is 0 Å². The van der Waals surface area contributed by atoms with Crippen LogP contribution in [0.3, 0.4) is 0 Å². The Kier molecular flexibility index (Phi) is 5.51. The molecule has 0 saturated carbocycles. The first-order valence-electron chi connectivity index (χ1n) is 10.2. The molecule has 0 spiro atoms. The van der Waals surface area contributed by atoms with E-state index in [9.17, 15) is 14.3 Å². The molecular formula is C22H27FN4O3. The Labute approximate surface area is 175 Å². The van der Waals surface area contributed by atoms with Gasteiger partial charge in [-0.15, -0.1) is 0 Å². The summed E-state index contributed by atoms with van der Waals surface area (Å²) < 4.78 is 21.2. The second-order valence-corrected chi connectivity index (χ2v) is 7.93. The topological polar surface area (TPSA) is 79.6 Å². The fourth-order valence-electron chi connectivity index (χ4n) is 4.50. The average Bonchev–Trinajstić information content (AvgIpc) is 3.11. The van der Waals surface area contributed by atoms with E-state index in [2.05, 4.69) is 10.4 Å². The molecule has 0 saturated heterocycles. The number of nitrogens with one attached hydrogen (secondary N) is 1. The van der Waals surface area contributed by atoms with Crippen LogP contribution < -0.4 is 5.32 Å². The summed E-state index contributed by atoms with van der Waals surface area (Å²) in [5.41, 5.74) is 2.26. The second-order valence-electron chi connectivity index (χ2n) is 7.93. The number of methoxy groups -OCH3 is 1. The lowest BCUT2D eigenvalue weighted by molar-refractivity contribution is -0.122. The highest BCUT2D eigenvalue weighted by molar-refractivity contribution is 5.77. The third-order valence-corrected chi connectivity index (χ3v) is 6.08. The molecule has 2 heterocycles. The Morgan fingerprint density at radius 3 is 3.03 bits per heavy atom. The van der Waals surface area contributed by atoms with Crippen molar-refractivity contribution >= 4 is 5.91 Å². The van der Waals surface area contributed by atoms with Gasteiger partial charge in [-0.3, -0.25) is 9.48 Å². The number of carbonyl (C=O) groups excluding carboxylic acids is 1. The summed E-state index contributed by atoms with van der Waals surface area (Å²) in [6, 6.07) is -0.231. The summed E-state index contributed by atoms with van der Waals surface area (Å²) >= 11 is 0. The van der Waals surface area contributed by atoms with Crippen molar-refractivity contribution in [2.45, 2.75) is 38.0 Å². The number of rotatable bonds is 5. The van der Waals surface area contributed by atoms with E-state index in [0.29, 0.717) is 23.4 Å². The Balaban J connectivity index is 1.50. The summed E-state index contributed by atoms with van der Waals surface area (Å²) in [7, 11) is 3.41. The molecule has 4 rings (SSSR count). The number of aromatic nitrogens is 2. The summed E-state index contributed by atoms with van der Waals surface area (Å²) in [5, 5.41) is 18.2. The number of hydrogen-bond donors (Lipinski definition) is 2. The number of aliphatic hydroxyl groups is 1. The minimum atomic E-state index is -0.971. The van der Waals surface area contributed by atoms with E-state index in [-0.39, 0.29) is 42.6 Å². The highest BCUT2D eigenvalue weighted by atomic mass is 19.1. The fourth-order valence-corrected chi connectivity index (χ4v) is 4.50. The molecule has 30 heavy (non-hydrogen) atoms. The number of amides is 1. The van der Waals surface area contributed by atoms with Gasteiger partial charge >= 0.3 is 0 Å². The number of allylic oxidation sites excluding steroid dienone is 6. The first-order valence-corrected chi connectivity index (χ1v) is 10.2. The van der Waals surface area contributed by atoms with Gasteiger partial charge in [0.15, 0.2) is 6.23 Å². The average molecular weight is 414 g/mol. The SMILES string of the molecule is COC1=CC=C[C@@H](C)C1NC(=O)CCN1C2=CC(F)=CCC2c2c(cnn2C)C1O. The Morgan fingerprint density at radius 2 is 2.27 bits per heavy atom. The number of hydrogen-bond acceptors (Lipinski definition) is 5. The second kappa shape index (κ2) is 8.10. The van der Waals surface area contributed by atoms with Crippen LogP contribution in [-0.4, -0.2) is 45.4 Å². The van der Waals surface area contributed by atoms with Crippen LogP contribution in [0.1, 0.15) is 43.2 Å². The number of fused-ring (bicyclic) bond motifs is 3. The van der Waals surface area contributed by atoms with Crippen LogP contribution in [0.4, 0.5) is 4.39 Å². The number of carbonyl (C=O) groups is 1. The molecule has 0 aromatic carbocycles. The zero-order chi connectivity index (χ0) is 21.4. The van der Waals surface area contributed by atoms with E-state index in [1.807, 2.05) is 32.2 Å². The van der Waals surface area contributed by atoms with E-state index < -0.39 is 6.23 Å². The van der Waals surface area contributed by atoms with E-state index >= 15 is 0 Å². The Hall–Kier alpha value is -2.87. The van der Waals surface area contributed by atoms with Crippen molar-refractivity contribution in [2.24, 2.45) is 13.0 Å². The van der Waals surface area contributed by atoms with Gasteiger partial charge in [-0.2, -0.15) is 5.10 Å². The van der Waals surface area contributed by atoms with Gasteiger partial charge in [0, 0.05) is 43.1 Å². The molecule has 3 unspecified atom stereocenters. The van der Waals surface area contributed by atoms with Crippen molar-refractivity contribution in [3.05, 3.63) is 65.1 Å². The van der Waals surface area contributed by atoms with Crippen LogP contribution in [0.2, 0.25) is 0 Å². The molecule has 2 N–H and O–H groups in total. The number of aryl methyl sites for hydroxylation is 1. The molecule has 160 valence electrons. The molecule has 0 bridgehead atoms. The minimum Gasteiger partial charge on any atom is -0.499 e. The van der Waals surface area contributed by atoms with E-state index in [1.54, 1.807) is 29.0 Å². The van der Waals surface area contributed by atoms with Gasteiger partial charge < -0.3 is 20.1 Å². The molecule has 0 fully saturated rings. The van der Waals surface area contributed by atoms with Crippen LogP contribution >= 0.6 is 0 Å². The monoisotopic (exact) mass is 414 g/mol. The van der Waals surface area contributed by atoms with Gasteiger partial charge in [0.25, 0.3) is 0 Å². The van der Waals surface area contributed by atoms with E-state index in [0.717, 1.165) is 5.69 Å². The van der Waals surface area contributed by atoms with E-state index in [4.69, 9.17) is 4.74 Å². The smallest absolute Gasteiger partial charge is 0.222 e. The lowest BCUT2D eigenvalue weighted by Gasteiger charge is -2.41. The largest absolute Gasteiger partial charge is 0.499 e. The van der Waals surface area contributed by atoms with Gasteiger partial charge in [-0.1, -0.05) is 19.1 Å². The molecule has 1 aromatic heterocycles. The molecule has 1 aromatic rings. The maximum atomic E-state index is 14.0. The predicted octanol–water partition coefficient (Wildman–Crippen LogP) is 2.56. The highest BCUT2D eigenvalue weighted by Crippen LogP contribution is 2.45. The molecule has 0 radical (unpaired) electrons. The van der Waals surface area contributed by atoms with Gasteiger partial charge in [-0.05, 0) is 24.6 Å². The lowest BCUT2D eigenvalue weighted by atomic mass is 9.85. The summed E-state index contributed by atoms with van der Waals surface area (Å²) in [6.07, 6.45) is 10.1. The van der Waals surface area contributed by atoms with E-state index in [1.165, 1.54) is 6.08 Å². The molecule has 8 heteroatoms. The van der Waals surface area contributed by atoms with Gasteiger partial charge in [-0.25, -0.2) is 4.39 Å². The summed E-state index contributed by atoms with van der Waals surface area (Å²) in [6.45, 7) is 2.28. The summed E-state index contributed by atoms with van der Waals surface area (Å²) in [5.74, 6) is 0.241. The molecule has 1 aliphatic heterocycles. The highest BCUT2D eigenvalue weighted by Gasteiger charge is 2.39. The minimum absolute atomic E-state index is 0.0926. The van der Waals surface area contributed by atoms with Crippen LogP contribution in [-0.2, 0) is 16.6 Å². The normalized spacial score (nSPS) is 27.5. The zero-order valence-electron chi connectivity index (χ0n) is 17.4. The number of aliphatic hydroxyl groups excluding tert-OH is 1. The Morgan fingerprint density at radius 1 is 1.47 bits per heavy atom. The molecule has 4 atom stereocenters. The molecule has 7 nitrogen and oxygen atoms in total.